The number of piperidine rings is 1. The Morgan fingerprint density at radius 1 is 0.923 bits per heavy atom. The highest BCUT2D eigenvalue weighted by molar-refractivity contribution is 7.99. The molecule has 10 heteroatoms. The van der Waals surface area contributed by atoms with Crippen molar-refractivity contribution in [3.63, 3.8) is 0 Å². The SMILES string of the molecule is Nc1nc(Nc2ccc(N3CCC(N4CCCC4)CC3)cc2)nn1-c1cc2c(nn1)-c1ccccc1SCC2. The van der Waals surface area contributed by atoms with Crippen LogP contribution in [0.5, 0.6) is 0 Å². The highest BCUT2D eigenvalue weighted by atomic mass is 32.2. The molecule has 3 N–H and O–H groups in total. The number of nitrogens with zero attached hydrogens (tertiary/aromatic N) is 7. The molecule has 0 spiro atoms. The number of nitrogens with two attached hydrogens (primary N) is 1. The monoisotopic (exact) mass is 539 g/mol. The molecular weight excluding hydrogens is 506 g/mol. The molecule has 2 fully saturated rings. The number of nitrogen functional groups attached to an aromatic ring is 1. The lowest BCUT2D eigenvalue weighted by Crippen LogP contribution is -2.43. The van der Waals surface area contributed by atoms with Gasteiger partial charge in [0.15, 0.2) is 5.82 Å². The lowest BCUT2D eigenvalue weighted by Gasteiger charge is -2.37. The smallest absolute Gasteiger partial charge is 0.248 e. The van der Waals surface area contributed by atoms with E-state index in [1.54, 1.807) is 4.68 Å². The maximum atomic E-state index is 6.26. The van der Waals surface area contributed by atoms with Crippen LogP contribution < -0.4 is 16.0 Å². The second-order valence-electron chi connectivity index (χ2n) is 10.5. The number of hydrogen-bond acceptors (Lipinski definition) is 9. The molecule has 0 bridgehead atoms. The van der Waals surface area contributed by atoms with Crippen LogP contribution in [-0.2, 0) is 6.42 Å². The number of likely N-dealkylation sites (tertiary alicyclic amines) is 1. The number of benzene rings is 2. The van der Waals surface area contributed by atoms with Gasteiger partial charge in [0, 0.05) is 46.7 Å². The first kappa shape index (κ1) is 24.4. The highest BCUT2D eigenvalue weighted by Gasteiger charge is 2.26. The number of aryl methyl sites for hydroxylation is 1. The molecule has 200 valence electrons. The van der Waals surface area contributed by atoms with E-state index in [1.165, 1.54) is 49.4 Å². The Bertz CT molecular complexity index is 1450. The Morgan fingerprint density at radius 3 is 2.54 bits per heavy atom. The number of anilines is 4. The third-order valence-electron chi connectivity index (χ3n) is 8.09. The normalized spacial score (nSPS) is 18.0. The van der Waals surface area contributed by atoms with Crippen LogP contribution in [-0.4, -0.2) is 67.8 Å². The predicted molar refractivity (Wildman–Crippen MR) is 157 cm³/mol. The summed E-state index contributed by atoms with van der Waals surface area (Å²) in [5.74, 6) is 2.27. The van der Waals surface area contributed by atoms with Crippen LogP contribution in [0.1, 0.15) is 31.2 Å². The van der Waals surface area contributed by atoms with Crippen molar-refractivity contribution in [2.45, 2.75) is 43.0 Å². The Kier molecular flexibility index (Phi) is 6.57. The molecule has 0 unspecified atom stereocenters. The molecule has 7 rings (SSSR count). The van der Waals surface area contributed by atoms with Crippen molar-refractivity contribution in [2.24, 2.45) is 0 Å². The highest BCUT2D eigenvalue weighted by Crippen LogP contribution is 2.36. The summed E-state index contributed by atoms with van der Waals surface area (Å²) in [6.45, 7) is 4.79. The maximum absolute atomic E-state index is 6.26. The summed E-state index contributed by atoms with van der Waals surface area (Å²) in [6, 6.07) is 19.6. The first-order chi connectivity index (χ1) is 19.2. The molecule has 9 nitrogen and oxygen atoms in total. The number of fused-ring (bicyclic) bond motifs is 3. The van der Waals surface area contributed by atoms with Gasteiger partial charge < -0.3 is 20.9 Å². The van der Waals surface area contributed by atoms with Crippen LogP contribution in [0.4, 0.5) is 23.3 Å². The van der Waals surface area contributed by atoms with Crippen molar-refractivity contribution >= 4 is 35.0 Å². The minimum Gasteiger partial charge on any atom is -0.371 e. The van der Waals surface area contributed by atoms with Gasteiger partial charge in [-0.15, -0.1) is 27.1 Å². The lowest BCUT2D eigenvalue weighted by atomic mass is 10.0. The number of thioether (sulfide) groups is 1. The molecule has 2 aromatic heterocycles. The van der Waals surface area contributed by atoms with Crippen LogP contribution in [0.25, 0.3) is 17.1 Å². The first-order valence-electron chi connectivity index (χ1n) is 13.9. The Hall–Kier alpha value is -3.63. The number of hydrogen-bond donors (Lipinski definition) is 2. The standard InChI is InChI=1S/C29H33N9S/c30-28-32-29(31-21-7-9-22(10-8-21)37-16-11-23(12-17-37)36-14-3-4-15-36)35-38(28)26-19-20-13-18-39-25-6-2-1-5-24(25)27(20)34-33-26/h1-2,5-10,19,23H,3-4,11-18H2,(H3,30,31,32,35). The summed E-state index contributed by atoms with van der Waals surface area (Å²) in [7, 11) is 0. The van der Waals surface area contributed by atoms with Crippen LogP contribution in [0, 0.1) is 0 Å². The summed E-state index contributed by atoms with van der Waals surface area (Å²) >= 11 is 1.85. The molecule has 0 amide bonds. The third kappa shape index (κ3) is 4.94. The van der Waals surface area contributed by atoms with Crippen LogP contribution >= 0.6 is 11.8 Å². The fraction of sp³-hybridized carbons (Fsp3) is 0.379. The molecule has 2 saturated heterocycles. The first-order valence-corrected chi connectivity index (χ1v) is 14.9. The Labute approximate surface area is 232 Å². The fourth-order valence-electron chi connectivity index (χ4n) is 6.02. The minimum absolute atomic E-state index is 0.271. The van der Waals surface area contributed by atoms with E-state index in [0.29, 0.717) is 11.8 Å². The van der Waals surface area contributed by atoms with Gasteiger partial charge in [-0.1, -0.05) is 18.2 Å². The van der Waals surface area contributed by atoms with Crippen LogP contribution in [0.3, 0.4) is 0 Å². The molecular formula is C29H33N9S. The largest absolute Gasteiger partial charge is 0.371 e. The zero-order chi connectivity index (χ0) is 26.2. The average molecular weight is 540 g/mol. The van der Waals surface area contributed by atoms with E-state index >= 15 is 0 Å². The van der Waals surface area contributed by atoms with Gasteiger partial charge in [-0.3, -0.25) is 0 Å². The summed E-state index contributed by atoms with van der Waals surface area (Å²) < 4.78 is 1.55. The topological polar surface area (TPSA) is 101 Å². The minimum atomic E-state index is 0.271. The number of rotatable bonds is 5. The molecule has 39 heavy (non-hydrogen) atoms. The predicted octanol–water partition coefficient (Wildman–Crippen LogP) is 4.76. The molecule has 4 aromatic rings. The van der Waals surface area contributed by atoms with Crippen molar-refractivity contribution in [2.75, 3.05) is 47.9 Å². The molecule has 3 aliphatic heterocycles. The van der Waals surface area contributed by atoms with E-state index in [-0.39, 0.29) is 5.95 Å². The van der Waals surface area contributed by atoms with E-state index in [9.17, 15) is 0 Å². The Morgan fingerprint density at radius 2 is 1.72 bits per heavy atom. The van der Waals surface area contributed by atoms with Crippen molar-refractivity contribution in [3.05, 3.63) is 60.2 Å². The van der Waals surface area contributed by atoms with Gasteiger partial charge in [0.2, 0.25) is 11.9 Å². The van der Waals surface area contributed by atoms with Gasteiger partial charge in [0.25, 0.3) is 0 Å². The maximum Gasteiger partial charge on any atom is 0.248 e. The molecule has 0 aliphatic carbocycles. The molecule has 2 aromatic carbocycles. The summed E-state index contributed by atoms with van der Waals surface area (Å²) in [6.07, 6.45) is 6.12. The van der Waals surface area contributed by atoms with E-state index in [2.05, 4.69) is 77.9 Å². The zero-order valence-electron chi connectivity index (χ0n) is 22.0. The zero-order valence-corrected chi connectivity index (χ0v) is 22.8. The molecule has 0 saturated carbocycles. The van der Waals surface area contributed by atoms with Gasteiger partial charge in [0.1, 0.15) is 0 Å². The third-order valence-corrected chi connectivity index (χ3v) is 9.17. The van der Waals surface area contributed by atoms with Gasteiger partial charge >= 0.3 is 0 Å². The molecule has 0 atom stereocenters. The van der Waals surface area contributed by atoms with Crippen molar-refractivity contribution in [1.29, 1.82) is 0 Å². The van der Waals surface area contributed by atoms with Crippen LogP contribution in [0.15, 0.2) is 59.5 Å². The van der Waals surface area contributed by atoms with Gasteiger partial charge in [-0.25, -0.2) is 0 Å². The Balaban J connectivity index is 1.04. The number of aromatic nitrogens is 5. The lowest BCUT2D eigenvalue weighted by molar-refractivity contribution is 0.208. The molecule has 0 radical (unpaired) electrons. The second-order valence-corrected chi connectivity index (χ2v) is 11.6. The summed E-state index contributed by atoms with van der Waals surface area (Å²) in [5.41, 5.74) is 11.6. The van der Waals surface area contributed by atoms with E-state index in [0.717, 1.165) is 53.8 Å². The fourth-order valence-corrected chi connectivity index (χ4v) is 7.06. The van der Waals surface area contributed by atoms with Crippen LogP contribution in [0.2, 0.25) is 0 Å². The van der Waals surface area contributed by atoms with Crippen molar-refractivity contribution < 1.29 is 0 Å². The van der Waals surface area contributed by atoms with Gasteiger partial charge in [-0.2, -0.15) is 9.67 Å². The summed E-state index contributed by atoms with van der Waals surface area (Å²) in [4.78, 5) is 10.9. The molecule has 5 heterocycles. The van der Waals surface area contributed by atoms with E-state index < -0.39 is 0 Å². The molecule has 3 aliphatic rings. The van der Waals surface area contributed by atoms with Crippen molar-refractivity contribution in [3.8, 4) is 17.1 Å². The quantitative estimate of drug-likeness (QED) is 0.372. The second kappa shape index (κ2) is 10.5. The summed E-state index contributed by atoms with van der Waals surface area (Å²) in [5, 5.41) is 16.9. The van der Waals surface area contributed by atoms with Gasteiger partial charge in [-0.05, 0) is 87.2 Å². The van der Waals surface area contributed by atoms with E-state index in [1.807, 2.05) is 23.9 Å². The van der Waals surface area contributed by atoms with Crippen molar-refractivity contribution in [1.82, 2.24) is 29.9 Å². The number of nitrogens with one attached hydrogen (secondary N) is 1. The van der Waals surface area contributed by atoms with E-state index in [4.69, 9.17) is 5.73 Å². The van der Waals surface area contributed by atoms with Gasteiger partial charge in [0.05, 0.1) is 5.69 Å². The average Bonchev–Trinajstić information content (AvgIpc) is 3.60.